The van der Waals surface area contributed by atoms with Crippen LogP contribution < -0.4 is 0 Å². The van der Waals surface area contributed by atoms with Crippen molar-refractivity contribution in [3.05, 3.63) is 35.6 Å². The van der Waals surface area contributed by atoms with Crippen LogP contribution in [0.15, 0.2) is 24.3 Å². The number of likely N-dealkylation sites (tertiary alicyclic amines) is 1. The number of benzene rings is 1. The lowest BCUT2D eigenvalue weighted by molar-refractivity contribution is 0.00463. The largest absolute Gasteiger partial charge is 0.465 e. The van der Waals surface area contributed by atoms with Crippen molar-refractivity contribution in [2.45, 2.75) is 24.9 Å². The molecule has 1 aromatic carbocycles. The number of hydrogen-bond acceptors (Lipinski definition) is 2. The van der Waals surface area contributed by atoms with E-state index >= 15 is 0 Å². The lowest BCUT2D eigenvalue weighted by Crippen LogP contribution is -2.41. The Balaban J connectivity index is 2.27. The van der Waals surface area contributed by atoms with E-state index in [-0.39, 0.29) is 12.4 Å². The van der Waals surface area contributed by atoms with Crippen LogP contribution in [-0.2, 0) is 5.60 Å². The maximum atomic E-state index is 12.9. The standard InChI is InChI=1S/C13H16FNO3/c14-11-5-3-10(4-6-11)13(18)7-1-2-8-15(9-13)12(16)17/h3-6,18H,1-2,7-9H2,(H,16,17). The van der Waals surface area contributed by atoms with E-state index in [1.807, 2.05) is 0 Å². The van der Waals surface area contributed by atoms with Crippen LogP contribution >= 0.6 is 0 Å². The summed E-state index contributed by atoms with van der Waals surface area (Å²) in [6, 6.07) is 5.59. The highest BCUT2D eigenvalue weighted by Gasteiger charge is 2.35. The number of carboxylic acid groups (broad SMARTS) is 1. The first-order chi connectivity index (χ1) is 8.51. The summed E-state index contributed by atoms with van der Waals surface area (Å²) < 4.78 is 12.9. The smallest absolute Gasteiger partial charge is 0.407 e. The predicted octanol–water partition coefficient (Wildman–Crippen LogP) is 2.18. The van der Waals surface area contributed by atoms with Gasteiger partial charge in [-0.05, 0) is 37.0 Å². The number of hydrogen-bond donors (Lipinski definition) is 2. The number of carbonyl (C=O) groups is 1. The fourth-order valence-corrected chi connectivity index (χ4v) is 2.35. The molecule has 5 heteroatoms. The van der Waals surface area contributed by atoms with Gasteiger partial charge in [0, 0.05) is 6.54 Å². The van der Waals surface area contributed by atoms with E-state index in [2.05, 4.69) is 0 Å². The second-order valence-corrected chi connectivity index (χ2v) is 4.70. The van der Waals surface area contributed by atoms with Crippen LogP contribution in [0.25, 0.3) is 0 Å². The molecule has 18 heavy (non-hydrogen) atoms. The summed E-state index contributed by atoms with van der Waals surface area (Å²) in [6.07, 6.45) is 0.938. The average molecular weight is 253 g/mol. The summed E-state index contributed by atoms with van der Waals surface area (Å²) >= 11 is 0. The molecule has 0 radical (unpaired) electrons. The summed E-state index contributed by atoms with van der Waals surface area (Å²) in [5.74, 6) is -0.369. The van der Waals surface area contributed by atoms with E-state index in [1.165, 1.54) is 29.2 Å². The van der Waals surface area contributed by atoms with Crippen LogP contribution in [0.2, 0.25) is 0 Å². The number of aliphatic hydroxyl groups is 1. The van der Waals surface area contributed by atoms with E-state index in [0.29, 0.717) is 18.5 Å². The molecule has 98 valence electrons. The van der Waals surface area contributed by atoms with Crippen LogP contribution in [-0.4, -0.2) is 34.3 Å². The van der Waals surface area contributed by atoms with Crippen molar-refractivity contribution >= 4 is 6.09 Å². The maximum Gasteiger partial charge on any atom is 0.407 e. The van der Waals surface area contributed by atoms with E-state index in [0.717, 1.165) is 12.8 Å². The monoisotopic (exact) mass is 253 g/mol. The highest BCUT2D eigenvalue weighted by Crippen LogP contribution is 2.31. The average Bonchev–Trinajstić information content (AvgIpc) is 2.53. The van der Waals surface area contributed by atoms with Crippen molar-refractivity contribution in [2.24, 2.45) is 0 Å². The maximum absolute atomic E-state index is 12.9. The van der Waals surface area contributed by atoms with Gasteiger partial charge in [-0.15, -0.1) is 0 Å². The molecular formula is C13H16FNO3. The minimum Gasteiger partial charge on any atom is -0.465 e. The molecule has 1 aliphatic rings. The van der Waals surface area contributed by atoms with Gasteiger partial charge in [-0.25, -0.2) is 9.18 Å². The summed E-state index contributed by atoms with van der Waals surface area (Å²) in [7, 11) is 0. The van der Waals surface area contributed by atoms with Crippen LogP contribution in [0.4, 0.5) is 9.18 Å². The Morgan fingerprint density at radius 1 is 1.28 bits per heavy atom. The molecule has 2 N–H and O–H groups in total. The molecule has 1 aliphatic heterocycles. The van der Waals surface area contributed by atoms with Gasteiger partial charge in [0.15, 0.2) is 0 Å². The molecule has 0 saturated carbocycles. The van der Waals surface area contributed by atoms with Crippen molar-refractivity contribution in [3.8, 4) is 0 Å². The number of rotatable bonds is 1. The second kappa shape index (κ2) is 4.94. The molecule has 1 aromatic rings. The minimum atomic E-state index is -1.22. The first kappa shape index (κ1) is 12.8. The Morgan fingerprint density at radius 3 is 2.56 bits per heavy atom. The zero-order chi connectivity index (χ0) is 13.2. The lowest BCUT2D eigenvalue weighted by atomic mass is 9.89. The molecule has 1 atom stereocenters. The van der Waals surface area contributed by atoms with Gasteiger partial charge in [0.25, 0.3) is 0 Å². The molecule has 0 aliphatic carbocycles. The molecule has 4 nitrogen and oxygen atoms in total. The zero-order valence-electron chi connectivity index (χ0n) is 9.97. The molecule has 0 aromatic heterocycles. The number of nitrogens with zero attached hydrogens (tertiary/aromatic N) is 1. The summed E-state index contributed by atoms with van der Waals surface area (Å²) in [5.41, 5.74) is -0.653. The predicted molar refractivity (Wildman–Crippen MR) is 63.7 cm³/mol. The third-order valence-electron chi connectivity index (χ3n) is 3.37. The molecule has 1 heterocycles. The molecule has 0 bridgehead atoms. The van der Waals surface area contributed by atoms with E-state index < -0.39 is 11.7 Å². The summed E-state index contributed by atoms with van der Waals surface area (Å²) in [4.78, 5) is 12.3. The van der Waals surface area contributed by atoms with Crippen LogP contribution in [0.3, 0.4) is 0 Å². The normalized spacial score (nSPS) is 24.7. The quantitative estimate of drug-likeness (QED) is 0.806. The summed E-state index contributed by atoms with van der Waals surface area (Å²) in [6.45, 7) is 0.465. The first-order valence-corrected chi connectivity index (χ1v) is 5.97. The van der Waals surface area contributed by atoms with Gasteiger partial charge in [-0.1, -0.05) is 12.1 Å². The van der Waals surface area contributed by atoms with E-state index in [9.17, 15) is 14.3 Å². The SMILES string of the molecule is O=C(O)N1CCCCC(O)(c2ccc(F)cc2)C1. The number of halogens is 1. The summed E-state index contributed by atoms with van der Waals surface area (Å²) in [5, 5.41) is 19.6. The van der Waals surface area contributed by atoms with Gasteiger partial charge in [-0.3, -0.25) is 0 Å². The molecule has 1 saturated heterocycles. The van der Waals surface area contributed by atoms with Gasteiger partial charge < -0.3 is 15.1 Å². The number of β-amino-alcohol motifs (C(OH)–C–C–N with tert-alkyl or cyclic N) is 1. The lowest BCUT2D eigenvalue weighted by Gasteiger charge is -2.30. The topological polar surface area (TPSA) is 60.8 Å². The highest BCUT2D eigenvalue weighted by molar-refractivity contribution is 5.65. The van der Waals surface area contributed by atoms with Gasteiger partial charge in [0.05, 0.1) is 6.54 Å². The Kier molecular flexibility index (Phi) is 3.52. The van der Waals surface area contributed by atoms with Crippen molar-refractivity contribution in [1.29, 1.82) is 0 Å². The number of amides is 1. The van der Waals surface area contributed by atoms with Crippen molar-refractivity contribution in [3.63, 3.8) is 0 Å². The van der Waals surface area contributed by atoms with Gasteiger partial charge in [-0.2, -0.15) is 0 Å². The van der Waals surface area contributed by atoms with Crippen molar-refractivity contribution < 1.29 is 19.4 Å². The van der Waals surface area contributed by atoms with Gasteiger partial charge in [0.2, 0.25) is 0 Å². The third-order valence-corrected chi connectivity index (χ3v) is 3.37. The second-order valence-electron chi connectivity index (χ2n) is 4.70. The van der Waals surface area contributed by atoms with Gasteiger partial charge >= 0.3 is 6.09 Å². The highest BCUT2D eigenvalue weighted by atomic mass is 19.1. The fourth-order valence-electron chi connectivity index (χ4n) is 2.35. The molecule has 2 rings (SSSR count). The Labute approximate surface area is 105 Å². The third kappa shape index (κ3) is 2.61. The van der Waals surface area contributed by atoms with Crippen molar-refractivity contribution in [1.82, 2.24) is 4.90 Å². The Hall–Kier alpha value is -1.62. The van der Waals surface area contributed by atoms with Crippen LogP contribution in [0.5, 0.6) is 0 Å². The van der Waals surface area contributed by atoms with Crippen LogP contribution in [0, 0.1) is 5.82 Å². The molecule has 1 fully saturated rings. The minimum absolute atomic E-state index is 0.0357. The first-order valence-electron chi connectivity index (χ1n) is 5.97. The molecular weight excluding hydrogens is 237 g/mol. The van der Waals surface area contributed by atoms with E-state index in [1.54, 1.807) is 0 Å². The molecule has 1 unspecified atom stereocenters. The molecule has 1 amide bonds. The van der Waals surface area contributed by atoms with Crippen molar-refractivity contribution in [2.75, 3.05) is 13.1 Å². The Morgan fingerprint density at radius 2 is 1.94 bits per heavy atom. The van der Waals surface area contributed by atoms with E-state index in [4.69, 9.17) is 5.11 Å². The van der Waals surface area contributed by atoms with Crippen LogP contribution in [0.1, 0.15) is 24.8 Å². The Bertz CT molecular complexity index is 434. The zero-order valence-corrected chi connectivity index (χ0v) is 9.97. The fraction of sp³-hybridized carbons (Fsp3) is 0.462. The molecule has 0 spiro atoms. The van der Waals surface area contributed by atoms with Gasteiger partial charge in [0.1, 0.15) is 11.4 Å².